The fourth-order valence-electron chi connectivity index (χ4n) is 4.94. The van der Waals surface area contributed by atoms with Crippen molar-refractivity contribution in [2.75, 3.05) is 46.8 Å². The van der Waals surface area contributed by atoms with E-state index in [4.69, 9.17) is 0 Å². The van der Waals surface area contributed by atoms with Crippen LogP contribution < -0.4 is 5.32 Å². The fourth-order valence-corrected chi connectivity index (χ4v) is 4.94. The van der Waals surface area contributed by atoms with Gasteiger partial charge >= 0.3 is 0 Å². The number of hydrogen-bond donors (Lipinski definition) is 1. The number of piperidine rings is 1. The molecule has 0 radical (unpaired) electrons. The molecule has 1 amide bonds. The summed E-state index contributed by atoms with van der Waals surface area (Å²) in [7, 11) is 4.24. The van der Waals surface area contributed by atoms with E-state index in [2.05, 4.69) is 22.2 Å². The van der Waals surface area contributed by atoms with Crippen LogP contribution in [0.1, 0.15) is 38.5 Å². The number of halogens is 2. The highest BCUT2D eigenvalue weighted by atomic mass is 35.5. The van der Waals surface area contributed by atoms with Gasteiger partial charge in [0.15, 0.2) is 0 Å². The summed E-state index contributed by atoms with van der Waals surface area (Å²) >= 11 is 0. The Morgan fingerprint density at radius 3 is 2.78 bits per heavy atom. The van der Waals surface area contributed by atoms with E-state index in [0.29, 0.717) is 17.7 Å². The molecular weight excluding hydrogens is 333 g/mol. The van der Waals surface area contributed by atoms with Gasteiger partial charge in [-0.15, -0.1) is 24.8 Å². The van der Waals surface area contributed by atoms with E-state index in [1.165, 1.54) is 38.6 Å². The lowest BCUT2D eigenvalue weighted by molar-refractivity contribution is -0.144. The molecular formula is C17H33Cl2N3O. The number of nitrogens with zero attached hydrogens (tertiary/aromatic N) is 2. The molecule has 1 saturated carbocycles. The standard InChI is InChI=1S/C17H31N3O.2ClH/c1-19-9-5-6-14(11-19)12-20(2)16(21)17-8-4-3-7-15(17)10-18-13-17;;/h14-15,18H,3-13H2,1-2H3;2*1H/t14?,15-,17+;;/m0../s1. The molecule has 0 aromatic rings. The van der Waals surface area contributed by atoms with Crippen LogP contribution in [0.4, 0.5) is 0 Å². The van der Waals surface area contributed by atoms with E-state index >= 15 is 0 Å². The zero-order valence-corrected chi connectivity index (χ0v) is 16.2. The van der Waals surface area contributed by atoms with Crippen molar-refractivity contribution in [3.8, 4) is 0 Å². The normalized spacial score (nSPS) is 34.0. The van der Waals surface area contributed by atoms with E-state index in [9.17, 15) is 4.79 Å². The van der Waals surface area contributed by atoms with Crippen LogP contribution in [0, 0.1) is 17.3 Å². The minimum Gasteiger partial charge on any atom is -0.345 e. The summed E-state index contributed by atoms with van der Waals surface area (Å²) in [5.74, 6) is 1.66. The minimum atomic E-state index is -0.0758. The largest absolute Gasteiger partial charge is 0.345 e. The van der Waals surface area contributed by atoms with E-state index in [0.717, 1.165) is 32.6 Å². The number of nitrogens with one attached hydrogen (secondary N) is 1. The first-order valence-corrected chi connectivity index (χ1v) is 8.76. The van der Waals surface area contributed by atoms with Crippen LogP contribution in [0.25, 0.3) is 0 Å². The van der Waals surface area contributed by atoms with Gasteiger partial charge in [-0.1, -0.05) is 12.8 Å². The SMILES string of the molecule is CN1CCCC(CN(C)C(=O)[C@@]23CCCC[C@H]2CNC3)C1.Cl.Cl. The van der Waals surface area contributed by atoms with Crippen molar-refractivity contribution in [1.82, 2.24) is 15.1 Å². The molecule has 2 heterocycles. The van der Waals surface area contributed by atoms with Gasteiger partial charge in [0.05, 0.1) is 5.41 Å². The quantitative estimate of drug-likeness (QED) is 0.833. The molecule has 3 fully saturated rings. The highest BCUT2D eigenvalue weighted by Gasteiger charge is 2.50. The Labute approximate surface area is 153 Å². The molecule has 3 aliphatic rings. The van der Waals surface area contributed by atoms with E-state index < -0.39 is 0 Å². The summed E-state index contributed by atoms with van der Waals surface area (Å²) in [5, 5.41) is 3.50. The Morgan fingerprint density at radius 2 is 2.04 bits per heavy atom. The lowest BCUT2D eigenvalue weighted by Gasteiger charge is -2.41. The van der Waals surface area contributed by atoms with Crippen molar-refractivity contribution >= 4 is 30.7 Å². The summed E-state index contributed by atoms with van der Waals surface area (Å²) in [5.41, 5.74) is -0.0758. The maximum absolute atomic E-state index is 13.1. The molecule has 23 heavy (non-hydrogen) atoms. The van der Waals surface area contributed by atoms with Crippen molar-refractivity contribution in [1.29, 1.82) is 0 Å². The van der Waals surface area contributed by atoms with Crippen molar-refractivity contribution in [3.05, 3.63) is 0 Å². The smallest absolute Gasteiger partial charge is 0.230 e. The molecule has 1 aliphatic carbocycles. The Kier molecular flexibility index (Phi) is 8.12. The van der Waals surface area contributed by atoms with Crippen LogP contribution >= 0.6 is 24.8 Å². The van der Waals surface area contributed by atoms with Crippen LogP contribution in [0.2, 0.25) is 0 Å². The summed E-state index contributed by atoms with van der Waals surface area (Å²) in [6.45, 7) is 5.26. The molecule has 0 aromatic heterocycles. The lowest BCUT2D eigenvalue weighted by atomic mass is 9.67. The van der Waals surface area contributed by atoms with Crippen molar-refractivity contribution in [2.45, 2.75) is 38.5 Å². The van der Waals surface area contributed by atoms with E-state index in [-0.39, 0.29) is 30.2 Å². The van der Waals surface area contributed by atoms with Crippen molar-refractivity contribution < 1.29 is 4.79 Å². The van der Waals surface area contributed by atoms with Crippen LogP contribution in [0.15, 0.2) is 0 Å². The van der Waals surface area contributed by atoms with Gasteiger partial charge in [0, 0.05) is 26.7 Å². The third kappa shape index (κ3) is 4.33. The third-order valence-electron chi connectivity index (χ3n) is 6.06. The lowest BCUT2D eigenvalue weighted by Crippen LogP contribution is -2.50. The molecule has 1 N–H and O–H groups in total. The average Bonchev–Trinajstić information content (AvgIpc) is 2.91. The number of carbonyl (C=O) groups excluding carboxylic acids is 1. The highest BCUT2D eigenvalue weighted by molar-refractivity contribution is 5.85. The first-order valence-electron chi connectivity index (χ1n) is 8.76. The molecule has 0 spiro atoms. The topological polar surface area (TPSA) is 35.6 Å². The zero-order valence-electron chi connectivity index (χ0n) is 14.6. The summed E-state index contributed by atoms with van der Waals surface area (Å²) in [6.07, 6.45) is 7.41. The zero-order chi connectivity index (χ0) is 14.9. The predicted molar refractivity (Wildman–Crippen MR) is 99.6 cm³/mol. The number of hydrogen-bond acceptors (Lipinski definition) is 3. The van der Waals surface area contributed by atoms with Crippen LogP contribution in [0.3, 0.4) is 0 Å². The highest BCUT2D eigenvalue weighted by Crippen LogP contribution is 2.45. The second-order valence-corrected chi connectivity index (χ2v) is 7.69. The maximum atomic E-state index is 13.1. The van der Waals surface area contributed by atoms with Crippen LogP contribution in [-0.4, -0.2) is 62.5 Å². The summed E-state index contributed by atoms with van der Waals surface area (Å²) in [6, 6.07) is 0. The Balaban J connectivity index is 0.00000132. The molecule has 6 heteroatoms. The van der Waals surface area contributed by atoms with E-state index in [1.807, 2.05) is 7.05 Å². The first kappa shape index (κ1) is 21.0. The summed E-state index contributed by atoms with van der Waals surface area (Å²) in [4.78, 5) is 17.6. The maximum Gasteiger partial charge on any atom is 0.230 e. The van der Waals surface area contributed by atoms with Crippen LogP contribution in [0.5, 0.6) is 0 Å². The van der Waals surface area contributed by atoms with Gasteiger partial charge < -0.3 is 15.1 Å². The Hall–Kier alpha value is -0.0300. The molecule has 136 valence electrons. The van der Waals surface area contributed by atoms with Gasteiger partial charge in [0.25, 0.3) is 0 Å². The Bertz CT molecular complexity index is 396. The van der Waals surface area contributed by atoms with Gasteiger partial charge in [0.1, 0.15) is 0 Å². The second kappa shape index (κ2) is 8.89. The van der Waals surface area contributed by atoms with Crippen molar-refractivity contribution in [3.63, 3.8) is 0 Å². The molecule has 3 atom stereocenters. The monoisotopic (exact) mass is 365 g/mol. The van der Waals surface area contributed by atoms with Gasteiger partial charge in [-0.05, 0) is 57.7 Å². The van der Waals surface area contributed by atoms with Gasteiger partial charge in [-0.2, -0.15) is 0 Å². The number of carbonyl (C=O) groups is 1. The third-order valence-corrected chi connectivity index (χ3v) is 6.06. The molecule has 0 bridgehead atoms. The second-order valence-electron chi connectivity index (χ2n) is 7.69. The first-order chi connectivity index (χ1) is 10.1. The Morgan fingerprint density at radius 1 is 1.26 bits per heavy atom. The van der Waals surface area contributed by atoms with E-state index in [1.54, 1.807) is 0 Å². The minimum absolute atomic E-state index is 0. The average molecular weight is 366 g/mol. The number of amides is 1. The van der Waals surface area contributed by atoms with Crippen molar-refractivity contribution in [2.24, 2.45) is 17.3 Å². The molecule has 1 unspecified atom stereocenters. The number of likely N-dealkylation sites (tertiary alicyclic amines) is 1. The molecule has 2 saturated heterocycles. The van der Waals surface area contributed by atoms with Gasteiger partial charge in [-0.3, -0.25) is 4.79 Å². The summed E-state index contributed by atoms with van der Waals surface area (Å²) < 4.78 is 0. The molecule has 4 nitrogen and oxygen atoms in total. The van der Waals surface area contributed by atoms with Crippen LogP contribution in [-0.2, 0) is 4.79 Å². The fraction of sp³-hybridized carbons (Fsp3) is 0.941. The van der Waals surface area contributed by atoms with Gasteiger partial charge in [-0.25, -0.2) is 0 Å². The molecule has 0 aromatic carbocycles. The molecule has 2 aliphatic heterocycles. The van der Waals surface area contributed by atoms with Gasteiger partial charge in [0.2, 0.25) is 5.91 Å². The number of fused-ring (bicyclic) bond motifs is 1. The number of rotatable bonds is 3. The predicted octanol–water partition coefficient (Wildman–Crippen LogP) is 2.41. The molecule has 3 rings (SSSR count).